The molecule has 172 valence electrons. The predicted octanol–water partition coefficient (Wildman–Crippen LogP) is 4.18. The van der Waals surface area contributed by atoms with E-state index in [1.807, 2.05) is 24.3 Å². The van der Waals surface area contributed by atoms with Crippen LogP contribution in [0.1, 0.15) is 44.8 Å². The molecule has 0 aliphatic carbocycles. The number of benzene rings is 1. The lowest BCUT2D eigenvalue weighted by atomic mass is 9.92. The number of rotatable bonds is 9. The van der Waals surface area contributed by atoms with Gasteiger partial charge in [-0.1, -0.05) is 36.4 Å². The summed E-state index contributed by atoms with van der Waals surface area (Å²) in [4.78, 5) is 15.1. The van der Waals surface area contributed by atoms with Crippen molar-refractivity contribution in [3.63, 3.8) is 0 Å². The van der Waals surface area contributed by atoms with Crippen LogP contribution >= 0.6 is 0 Å². The highest BCUT2D eigenvalue weighted by atomic mass is 32.2. The highest BCUT2D eigenvalue weighted by Crippen LogP contribution is 2.40. The second-order valence-corrected chi connectivity index (χ2v) is 10.9. The summed E-state index contributed by atoms with van der Waals surface area (Å²) < 4.78 is 37.6. The van der Waals surface area contributed by atoms with Crippen molar-refractivity contribution in [1.29, 1.82) is 0 Å². The second-order valence-electron chi connectivity index (χ2n) is 8.33. The van der Waals surface area contributed by atoms with E-state index in [1.54, 1.807) is 56.6 Å². The first kappa shape index (κ1) is 24.1. The van der Waals surface area contributed by atoms with Gasteiger partial charge in [-0.3, -0.25) is 9.78 Å². The number of hydrogen-bond acceptors (Lipinski definition) is 6. The Bertz CT molecular complexity index is 1020. The molecule has 7 nitrogen and oxygen atoms in total. The van der Waals surface area contributed by atoms with Crippen LogP contribution in [0.5, 0.6) is 0 Å². The van der Waals surface area contributed by atoms with Gasteiger partial charge in [-0.2, -0.15) is 0 Å². The topological polar surface area (TPSA) is 103 Å². The zero-order valence-electron chi connectivity index (χ0n) is 18.3. The smallest absolute Gasteiger partial charge is 0.303 e. The van der Waals surface area contributed by atoms with E-state index in [4.69, 9.17) is 14.6 Å². The SMILES string of the molecule is CC(C)(C1OCC(C/C=C\CCC(=O)O)C(c2cccnc2)O1)S(=O)(=O)c1ccccc1. The van der Waals surface area contributed by atoms with Crippen LogP contribution in [0.3, 0.4) is 0 Å². The Morgan fingerprint density at radius 1 is 1.19 bits per heavy atom. The number of allylic oxidation sites excluding steroid dienone is 2. The molecule has 1 fully saturated rings. The van der Waals surface area contributed by atoms with E-state index in [0.29, 0.717) is 19.4 Å². The monoisotopic (exact) mass is 459 g/mol. The van der Waals surface area contributed by atoms with Crippen LogP contribution in [0.25, 0.3) is 0 Å². The number of carbonyl (C=O) groups is 1. The van der Waals surface area contributed by atoms with Crippen LogP contribution in [0.15, 0.2) is 71.9 Å². The van der Waals surface area contributed by atoms with Gasteiger partial charge in [-0.15, -0.1) is 0 Å². The molecule has 2 aromatic rings. The molecular weight excluding hydrogens is 430 g/mol. The quantitative estimate of drug-likeness (QED) is 0.561. The summed E-state index contributed by atoms with van der Waals surface area (Å²) in [6.45, 7) is 3.54. The Kier molecular flexibility index (Phi) is 7.82. The third-order valence-electron chi connectivity index (χ3n) is 5.62. The average molecular weight is 460 g/mol. The van der Waals surface area contributed by atoms with Crippen LogP contribution in [0.2, 0.25) is 0 Å². The van der Waals surface area contributed by atoms with Crippen LogP contribution < -0.4 is 0 Å². The van der Waals surface area contributed by atoms with Crippen molar-refractivity contribution in [3.05, 3.63) is 72.6 Å². The molecule has 1 N–H and O–H groups in total. The number of carboxylic acids is 1. The Balaban J connectivity index is 1.81. The van der Waals surface area contributed by atoms with Gasteiger partial charge >= 0.3 is 5.97 Å². The largest absolute Gasteiger partial charge is 0.481 e. The lowest BCUT2D eigenvalue weighted by molar-refractivity contribution is -0.249. The molecule has 8 heteroatoms. The van der Waals surface area contributed by atoms with Crippen molar-refractivity contribution >= 4 is 15.8 Å². The van der Waals surface area contributed by atoms with E-state index in [0.717, 1.165) is 5.56 Å². The lowest BCUT2D eigenvalue weighted by Gasteiger charge is -2.42. The summed E-state index contributed by atoms with van der Waals surface area (Å²) >= 11 is 0. The summed E-state index contributed by atoms with van der Waals surface area (Å²) in [5.74, 6) is -0.899. The van der Waals surface area contributed by atoms with Gasteiger partial charge in [0.2, 0.25) is 0 Å². The van der Waals surface area contributed by atoms with Crippen LogP contribution in [-0.2, 0) is 24.1 Å². The normalized spacial score (nSPS) is 22.1. The molecule has 3 rings (SSSR count). The van der Waals surface area contributed by atoms with Gasteiger partial charge in [-0.25, -0.2) is 8.42 Å². The fourth-order valence-electron chi connectivity index (χ4n) is 3.66. The number of carboxylic acid groups (broad SMARTS) is 1. The molecule has 32 heavy (non-hydrogen) atoms. The maximum absolute atomic E-state index is 13.3. The molecule has 1 aliphatic heterocycles. The number of pyridine rings is 1. The molecule has 1 aromatic carbocycles. The molecule has 3 unspecified atom stereocenters. The van der Waals surface area contributed by atoms with Gasteiger partial charge in [-0.05, 0) is 50.5 Å². The van der Waals surface area contributed by atoms with E-state index in [9.17, 15) is 13.2 Å². The van der Waals surface area contributed by atoms with Gasteiger partial charge in [0.15, 0.2) is 16.1 Å². The molecular formula is C24H29NO6S. The molecule has 1 saturated heterocycles. The Hall–Kier alpha value is -2.55. The Morgan fingerprint density at radius 2 is 1.94 bits per heavy atom. The van der Waals surface area contributed by atoms with Gasteiger partial charge in [0, 0.05) is 24.7 Å². The number of nitrogens with zero attached hydrogens (tertiary/aromatic N) is 1. The Morgan fingerprint density at radius 3 is 2.59 bits per heavy atom. The first-order chi connectivity index (χ1) is 15.2. The summed E-state index contributed by atoms with van der Waals surface area (Å²) in [6, 6.07) is 12.0. The minimum atomic E-state index is -3.73. The van der Waals surface area contributed by atoms with E-state index in [1.165, 1.54) is 0 Å². The van der Waals surface area contributed by atoms with Crippen molar-refractivity contribution in [3.8, 4) is 0 Å². The third-order valence-corrected chi connectivity index (χ3v) is 8.09. The zero-order valence-corrected chi connectivity index (χ0v) is 19.1. The van der Waals surface area contributed by atoms with Crippen LogP contribution in [-0.4, -0.2) is 42.1 Å². The summed E-state index contributed by atoms with van der Waals surface area (Å²) in [5, 5.41) is 8.78. The van der Waals surface area contributed by atoms with Crippen LogP contribution in [0, 0.1) is 5.92 Å². The minimum Gasteiger partial charge on any atom is -0.481 e. The number of ether oxygens (including phenoxy) is 2. The number of aliphatic carboxylic acids is 1. The van der Waals surface area contributed by atoms with Crippen molar-refractivity contribution in [1.82, 2.24) is 4.98 Å². The third kappa shape index (κ3) is 5.43. The predicted molar refractivity (Wildman–Crippen MR) is 120 cm³/mol. The minimum absolute atomic E-state index is 0.0632. The van der Waals surface area contributed by atoms with Crippen molar-refractivity contribution in [2.24, 2.45) is 5.92 Å². The molecule has 1 aliphatic rings. The van der Waals surface area contributed by atoms with Gasteiger partial charge in [0.05, 0.1) is 17.6 Å². The van der Waals surface area contributed by atoms with Gasteiger partial charge in [0.1, 0.15) is 4.75 Å². The number of aromatic nitrogens is 1. The molecule has 1 aromatic heterocycles. The van der Waals surface area contributed by atoms with Crippen LogP contribution in [0.4, 0.5) is 0 Å². The second kappa shape index (κ2) is 10.4. The maximum atomic E-state index is 13.3. The molecule has 0 radical (unpaired) electrons. The molecule has 2 heterocycles. The summed E-state index contributed by atoms with van der Waals surface area (Å²) in [7, 11) is -3.73. The maximum Gasteiger partial charge on any atom is 0.303 e. The fourth-order valence-corrected chi connectivity index (χ4v) is 5.16. The molecule has 0 saturated carbocycles. The molecule has 3 atom stereocenters. The molecule has 0 spiro atoms. The van der Waals surface area contributed by atoms with Crippen molar-refractivity contribution < 1.29 is 27.8 Å². The Labute approximate surface area is 189 Å². The first-order valence-corrected chi connectivity index (χ1v) is 12.0. The highest BCUT2D eigenvalue weighted by molar-refractivity contribution is 7.92. The zero-order chi connectivity index (χ0) is 23.2. The fraction of sp³-hybridized carbons (Fsp3) is 0.417. The van der Waals surface area contributed by atoms with Crippen molar-refractivity contribution in [2.45, 2.75) is 55.1 Å². The molecule has 0 amide bonds. The van der Waals surface area contributed by atoms with E-state index < -0.39 is 32.9 Å². The average Bonchev–Trinajstić information content (AvgIpc) is 2.79. The highest BCUT2D eigenvalue weighted by Gasteiger charge is 2.48. The van der Waals surface area contributed by atoms with Gasteiger partial charge < -0.3 is 14.6 Å². The van der Waals surface area contributed by atoms with E-state index >= 15 is 0 Å². The number of hydrogen-bond donors (Lipinski definition) is 1. The van der Waals surface area contributed by atoms with E-state index in [2.05, 4.69) is 4.98 Å². The lowest BCUT2D eigenvalue weighted by Crippen LogP contribution is -2.51. The van der Waals surface area contributed by atoms with Crippen molar-refractivity contribution in [2.75, 3.05) is 6.61 Å². The number of sulfone groups is 1. The molecule has 0 bridgehead atoms. The van der Waals surface area contributed by atoms with E-state index in [-0.39, 0.29) is 17.2 Å². The van der Waals surface area contributed by atoms with Gasteiger partial charge in [0.25, 0.3) is 0 Å². The summed E-state index contributed by atoms with van der Waals surface area (Å²) in [5.41, 5.74) is 0.845. The first-order valence-electron chi connectivity index (χ1n) is 10.6. The standard InChI is InChI=1S/C24H29NO6S/c1-24(2,32(28,29)20-12-6-4-7-13-20)23-30-17-19(10-5-3-8-14-21(26)27)22(31-23)18-11-9-15-25-16-18/h3-7,9,11-13,15-16,19,22-23H,8,10,14,17H2,1-2H3,(H,26,27)/b5-3-. The summed E-state index contributed by atoms with van der Waals surface area (Å²) in [6.07, 6.45) is 6.91.